The second kappa shape index (κ2) is 8.52. The first-order chi connectivity index (χ1) is 12.5. The van der Waals surface area contributed by atoms with E-state index in [1.807, 2.05) is 0 Å². The highest BCUT2D eigenvalue weighted by atomic mass is 35.5. The Balaban J connectivity index is 1.76. The number of ether oxygens (including phenoxy) is 1. The van der Waals surface area contributed by atoms with Gasteiger partial charge in [0.05, 0.1) is 28.7 Å². The first-order valence-electron chi connectivity index (χ1n) is 8.82. The molecule has 1 aliphatic heterocycles. The summed E-state index contributed by atoms with van der Waals surface area (Å²) in [6.07, 6.45) is 6.50. The number of hydrogen-bond acceptors (Lipinski definition) is 4. The lowest BCUT2D eigenvalue weighted by atomic mass is 9.99. The Morgan fingerprint density at radius 2 is 2.00 bits per heavy atom. The first kappa shape index (κ1) is 19.4. The van der Waals surface area contributed by atoms with Crippen molar-refractivity contribution in [3.8, 4) is 0 Å². The minimum atomic E-state index is -3.67. The van der Waals surface area contributed by atoms with Crippen molar-refractivity contribution in [2.45, 2.75) is 30.6 Å². The van der Waals surface area contributed by atoms with Gasteiger partial charge in [0, 0.05) is 19.6 Å². The quantitative estimate of drug-likeness (QED) is 0.773. The summed E-state index contributed by atoms with van der Waals surface area (Å²) in [5.74, 6) is -0.361. The molecule has 0 spiro atoms. The van der Waals surface area contributed by atoms with Gasteiger partial charge >= 0.3 is 0 Å². The molecule has 1 N–H and O–H groups in total. The fourth-order valence-corrected chi connectivity index (χ4v) is 4.77. The van der Waals surface area contributed by atoms with E-state index in [1.54, 1.807) is 0 Å². The third-order valence-electron chi connectivity index (χ3n) is 4.65. The number of allylic oxidation sites excluding steroid dienone is 1. The van der Waals surface area contributed by atoms with Crippen LogP contribution in [0.4, 0.5) is 0 Å². The van der Waals surface area contributed by atoms with Crippen molar-refractivity contribution < 1.29 is 17.9 Å². The molecule has 6 nitrogen and oxygen atoms in total. The fourth-order valence-electron chi connectivity index (χ4n) is 3.13. The van der Waals surface area contributed by atoms with Crippen molar-refractivity contribution in [1.82, 2.24) is 9.62 Å². The lowest BCUT2D eigenvalue weighted by molar-refractivity contribution is 0.0730. The molecule has 142 valence electrons. The van der Waals surface area contributed by atoms with Gasteiger partial charge in [-0.15, -0.1) is 0 Å². The number of halogens is 1. The summed E-state index contributed by atoms with van der Waals surface area (Å²) in [5.41, 5.74) is 1.38. The molecule has 8 heteroatoms. The molecule has 1 aliphatic carbocycles. The summed E-state index contributed by atoms with van der Waals surface area (Å²) in [6, 6.07) is 4.26. The number of morpholine rings is 1. The van der Waals surface area contributed by atoms with Crippen LogP contribution in [-0.2, 0) is 14.8 Å². The van der Waals surface area contributed by atoms with Crippen LogP contribution in [0.15, 0.2) is 34.7 Å². The van der Waals surface area contributed by atoms with E-state index >= 15 is 0 Å². The van der Waals surface area contributed by atoms with Gasteiger partial charge < -0.3 is 10.1 Å². The topological polar surface area (TPSA) is 75.7 Å². The van der Waals surface area contributed by atoms with Gasteiger partial charge in [0.2, 0.25) is 10.0 Å². The van der Waals surface area contributed by atoms with Crippen molar-refractivity contribution >= 4 is 27.5 Å². The maximum Gasteiger partial charge on any atom is 0.253 e. The molecule has 2 aliphatic rings. The Morgan fingerprint density at radius 3 is 2.69 bits per heavy atom. The Bertz CT molecular complexity index is 801. The van der Waals surface area contributed by atoms with Crippen molar-refractivity contribution in [2.24, 2.45) is 0 Å². The Hall–Kier alpha value is -1.41. The molecule has 1 aromatic rings. The van der Waals surface area contributed by atoms with Crippen LogP contribution in [0.1, 0.15) is 36.0 Å². The van der Waals surface area contributed by atoms with E-state index < -0.39 is 10.0 Å². The Morgan fingerprint density at radius 1 is 1.23 bits per heavy atom. The molecule has 1 heterocycles. The second-order valence-corrected chi connectivity index (χ2v) is 8.79. The van der Waals surface area contributed by atoms with Crippen LogP contribution < -0.4 is 5.32 Å². The molecule has 1 amide bonds. The van der Waals surface area contributed by atoms with Crippen LogP contribution in [0, 0.1) is 0 Å². The first-order valence-corrected chi connectivity index (χ1v) is 10.6. The molecule has 1 fully saturated rings. The monoisotopic (exact) mass is 398 g/mol. The number of carbonyl (C=O) groups excluding carboxylic acids is 1. The molecule has 0 aromatic heterocycles. The zero-order chi connectivity index (χ0) is 18.6. The van der Waals surface area contributed by atoms with E-state index in [2.05, 4.69) is 11.4 Å². The Kier molecular flexibility index (Phi) is 6.34. The summed E-state index contributed by atoms with van der Waals surface area (Å²) in [6.45, 7) is 1.82. The minimum absolute atomic E-state index is 0.0748. The third kappa shape index (κ3) is 4.46. The molecule has 1 saturated heterocycles. The SMILES string of the molecule is O=C(NCC1=CCCCC1)c1cc(S(=O)(=O)N2CCOCC2)ccc1Cl. The predicted molar refractivity (Wildman–Crippen MR) is 99.9 cm³/mol. The molecular weight excluding hydrogens is 376 g/mol. The Labute approximate surface area is 159 Å². The number of rotatable bonds is 5. The number of nitrogens with zero attached hydrogens (tertiary/aromatic N) is 1. The minimum Gasteiger partial charge on any atom is -0.379 e. The summed E-state index contributed by atoms with van der Waals surface area (Å²) >= 11 is 6.14. The highest BCUT2D eigenvalue weighted by molar-refractivity contribution is 7.89. The van der Waals surface area contributed by atoms with Gasteiger partial charge in [-0.05, 0) is 43.9 Å². The van der Waals surface area contributed by atoms with E-state index in [9.17, 15) is 13.2 Å². The van der Waals surface area contributed by atoms with Crippen LogP contribution in [0.5, 0.6) is 0 Å². The summed E-state index contributed by atoms with van der Waals surface area (Å²) in [5, 5.41) is 3.08. The standard InChI is InChI=1S/C18H23ClN2O4S/c19-17-7-6-15(26(23,24)21-8-10-25-11-9-21)12-16(17)18(22)20-13-14-4-2-1-3-5-14/h4,6-7,12H,1-3,5,8-11,13H2,(H,20,22). The molecular formula is C18H23ClN2O4S. The largest absolute Gasteiger partial charge is 0.379 e. The molecule has 0 atom stereocenters. The maximum atomic E-state index is 12.8. The highest BCUT2D eigenvalue weighted by Crippen LogP contribution is 2.24. The van der Waals surface area contributed by atoms with Crippen molar-refractivity contribution in [3.05, 3.63) is 40.4 Å². The van der Waals surface area contributed by atoms with E-state index in [4.69, 9.17) is 16.3 Å². The average Bonchev–Trinajstić information content (AvgIpc) is 2.68. The van der Waals surface area contributed by atoms with Gasteiger partial charge in [-0.2, -0.15) is 4.31 Å². The lowest BCUT2D eigenvalue weighted by Gasteiger charge is -2.26. The molecule has 0 radical (unpaired) electrons. The van der Waals surface area contributed by atoms with Crippen LogP contribution in [0.3, 0.4) is 0 Å². The van der Waals surface area contributed by atoms with Crippen molar-refractivity contribution in [2.75, 3.05) is 32.8 Å². The molecule has 1 aromatic carbocycles. The van der Waals surface area contributed by atoms with E-state index in [1.165, 1.54) is 34.5 Å². The zero-order valence-corrected chi connectivity index (χ0v) is 16.1. The van der Waals surface area contributed by atoms with Crippen molar-refractivity contribution in [3.63, 3.8) is 0 Å². The van der Waals surface area contributed by atoms with Crippen molar-refractivity contribution in [1.29, 1.82) is 0 Å². The summed E-state index contributed by atoms with van der Waals surface area (Å²) < 4.78 is 32.1. The van der Waals surface area contributed by atoms with Gasteiger partial charge in [-0.25, -0.2) is 8.42 Å². The number of carbonyl (C=O) groups is 1. The summed E-state index contributed by atoms with van der Waals surface area (Å²) in [7, 11) is -3.67. The predicted octanol–water partition coefficient (Wildman–Crippen LogP) is 2.59. The second-order valence-electron chi connectivity index (χ2n) is 6.45. The molecule has 26 heavy (non-hydrogen) atoms. The van der Waals surface area contributed by atoms with Gasteiger partial charge in [0.15, 0.2) is 0 Å². The zero-order valence-electron chi connectivity index (χ0n) is 14.5. The van der Waals surface area contributed by atoms with Gasteiger partial charge in [-0.1, -0.05) is 23.3 Å². The van der Waals surface area contributed by atoms with Gasteiger partial charge in [-0.3, -0.25) is 4.79 Å². The maximum absolute atomic E-state index is 12.8. The van der Waals surface area contributed by atoms with Gasteiger partial charge in [0.1, 0.15) is 0 Å². The lowest BCUT2D eigenvalue weighted by Crippen LogP contribution is -2.40. The van der Waals surface area contributed by atoms with Crippen LogP contribution in [-0.4, -0.2) is 51.5 Å². The fraction of sp³-hybridized carbons (Fsp3) is 0.500. The highest BCUT2D eigenvalue weighted by Gasteiger charge is 2.27. The molecule has 0 bridgehead atoms. The third-order valence-corrected chi connectivity index (χ3v) is 6.88. The van der Waals surface area contributed by atoms with Gasteiger partial charge in [0.25, 0.3) is 5.91 Å². The number of sulfonamides is 1. The van der Waals surface area contributed by atoms with Crippen LogP contribution >= 0.6 is 11.6 Å². The molecule has 0 unspecified atom stereocenters. The van der Waals surface area contributed by atoms with E-state index in [0.29, 0.717) is 32.8 Å². The van der Waals surface area contributed by atoms with Crippen LogP contribution in [0.2, 0.25) is 5.02 Å². The summed E-state index contributed by atoms with van der Waals surface area (Å²) in [4.78, 5) is 12.6. The number of amides is 1. The van der Waals surface area contributed by atoms with E-state index in [-0.39, 0.29) is 21.4 Å². The number of hydrogen-bond donors (Lipinski definition) is 1. The number of nitrogens with one attached hydrogen (secondary N) is 1. The smallest absolute Gasteiger partial charge is 0.253 e. The average molecular weight is 399 g/mol. The van der Waals surface area contributed by atoms with Crippen LogP contribution in [0.25, 0.3) is 0 Å². The normalized spacial score (nSPS) is 19.0. The van der Waals surface area contributed by atoms with E-state index in [0.717, 1.165) is 19.3 Å². The number of benzene rings is 1. The molecule has 3 rings (SSSR count). The molecule has 0 saturated carbocycles.